The van der Waals surface area contributed by atoms with Gasteiger partial charge in [-0.3, -0.25) is 4.68 Å². The molecule has 0 atom stereocenters. The van der Waals surface area contributed by atoms with E-state index in [9.17, 15) is 0 Å². The quantitative estimate of drug-likeness (QED) is 0.389. The van der Waals surface area contributed by atoms with Crippen LogP contribution in [0.5, 0.6) is 0 Å². The van der Waals surface area contributed by atoms with E-state index in [2.05, 4.69) is 51.9 Å². The van der Waals surface area contributed by atoms with Crippen LogP contribution < -0.4 is 10.6 Å². The largest absolute Gasteiger partial charge is 0.357 e. The van der Waals surface area contributed by atoms with Crippen molar-refractivity contribution in [2.75, 3.05) is 13.1 Å². The van der Waals surface area contributed by atoms with E-state index in [0.29, 0.717) is 12.5 Å². The molecule has 0 unspecified atom stereocenters. The van der Waals surface area contributed by atoms with Crippen LogP contribution in [0.1, 0.15) is 37.4 Å². The highest BCUT2D eigenvalue weighted by molar-refractivity contribution is 14.0. The van der Waals surface area contributed by atoms with Crippen LogP contribution in [0.25, 0.3) is 0 Å². The lowest BCUT2D eigenvalue weighted by molar-refractivity contribution is 0.598. The summed E-state index contributed by atoms with van der Waals surface area (Å²) in [6, 6.07) is 1.92. The molecular formula is C15H25IN6S. The van der Waals surface area contributed by atoms with Gasteiger partial charge in [0, 0.05) is 30.9 Å². The Morgan fingerprint density at radius 3 is 2.83 bits per heavy atom. The summed E-state index contributed by atoms with van der Waals surface area (Å²) in [5.41, 5.74) is 1.15. The van der Waals surface area contributed by atoms with Crippen molar-refractivity contribution in [3.8, 4) is 0 Å². The molecule has 0 spiro atoms. The standard InChI is InChI=1S/C15H24N6S.HI/c1-4-16-15(17-7-9-21-8-5-6-19-21)18-10-14-20-13(11-22-14)12(2)3;/h5-6,8,11-12H,4,7,9-10H2,1-3H3,(H2,16,17,18);1H. The second kappa shape index (κ2) is 10.6. The summed E-state index contributed by atoms with van der Waals surface area (Å²) in [5, 5.41) is 13.9. The van der Waals surface area contributed by atoms with Crippen molar-refractivity contribution in [3.05, 3.63) is 34.5 Å². The zero-order valence-corrected chi connectivity index (χ0v) is 17.0. The maximum Gasteiger partial charge on any atom is 0.191 e. The van der Waals surface area contributed by atoms with Gasteiger partial charge in [-0.15, -0.1) is 35.3 Å². The average molecular weight is 448 g/mol. The van der Waals surface area contributed by atoms with Crippen molar-refractivity contribution in [2.24, 2.45) is 4.99 Å². The molecule has 23 heavy (non-hydrogen) atoms. The number of hydrogen-bond acceptors (Lipinski definition) is 4. The molecule has 128 valence electrons. The van der Waals surface area contributed by atoms with Gasteiger partial charge in [-0.25, -0.2) is 9.98 Å². The Labute approximate surface area is 158 Å². The van der Waals surface area contributed by atoms with Gasteiger partial charge in [-0.05, 0) is 18.9 Å². The highest BCUT2D eigenvalue weighted by Crippen LogP contribution is 2.18. The molecule has 2 rings (SSSR count). The maximum absolute atomic E-state index is 4.60. The number of rotatable bonds is 7. The van der Waals surface area contributed by atoms with Gasteiger partial charge in [-0.1, -0.05) is 13.8 Å². The van der Waals surface area contributed by atoms with Crippen LogP contribution in [-0.2, 0) is 13.1 Å². The fourth-order valence-corrected chi connectivity index (χ4v) is 2.75. The van der Waals surface area contributed by atoms with Crippen molar-refractivity contribution in [2.45, 2.75) is 39.8 Å². The highest BCUT2D eigenvalue weighted by atomic mass is 127. The second-order valence-corrected chi connectivity index (χ2v) is 6.15. The smallest absolute Gasteiger partial charge is 0.191 e. The van der Waals surface area contributed by atoms with Crippen LogP contribution in [0, 0.1) is 0 Å². The van der Waals surface area contributed by atoms with Gasteiger partial charge in [0.25, 0.3) is 0 Å². The third kappa shape index (κ3) is 6.86. The highest BCUT2D eigenvalue weighted by Gasteiger charge is 2.05. The number of aliphatic imine (C=N–C) groups is 1. The van der Waals surface area contributed by atoms with Gasteiger partial charge < -0.3 is 10.6 Å². The predicted molar refractivity (Wildman–Crippen MR) is 107 cm³/mol. The fraction of sp³-hybridized carbons (Fsp3) is 0.533. The number of halogens is 1. The Morgan fingerprint density at radius 1 is 1.39 bits per heavy atom. The van der Waals surface area contributed by atoms with Gasteiger partial charge >= 0.3 is 0 Å². The molecular weight excluding hydrogens is 423 g/mol. The van der Waals surface area contributed by atoms with Crippen LogP contribution in [-0.4, -0.2) is 33.8 Å². The summed E-state index contributed by atoms with van der Waals surface area (Å²) in [4.78, 5) is 9.19. The van der Waals surface area contributed by atoms with Crippen LogP contribution >= 0.6 is 35.3 Å². The number of nitrogens with one attached hydrogen (secondary N) is 2. The van der Waals surface area contributed by atoms with Crippen molar-refractivity contribution >= 4 is 41.3 Å². The molecule has 6 nitrogen and oxygen atoms in total. The lowest BCUT2D eigenvalue weighted by Gasteiger charge is -2.10. The molecule has 0 amide bonds. The summed E-state index contributed by atoms with van der Waals surface area (Å²) < 4.78 is 1.90. The summed E-state index contributed by atoms with van der Waals surface area (Å²) in [6.07, 6.45) is 3.74. The molecule has 0 fully saturated rings. The van der Waals surface area contributed by atoms with Gasteiger partial charge in [-0.2, -0.15) is 5.10 Å². The fourth-order valence-electron chi connectivity index (χ4n) is 1.87. The zero-order valence-electron chi connectivity index (χ0n) is 13.8. The van der Waals surface area contributed by atoms with Crippen molar-refractivity contribution in [1.29, 1.82) is 0 Å². The van der Waals surface area contributed by atoms with Crippen LogP contribution in [0.3, 0.4) is 0 Å². The van der Waals surface area contributed by atoms with Gasteiger partial charge in [0.15, 0.2) is 5.96 Å². The Kier molecular flexibility index (Phi) is 9.15. The summed E-state index contributed by atoms with van der Waals surface area (Å²) in [6.45, 7) is 9.41. The Bertz CT molecular complexity index is 579. The molecule has 0 saturated carbocycles. The lowest BCUT2D eigenvalue weighted by Crippen LogP contribution is -2.38. The first-order valence-electron chi connectivity index (χ1n) is 7.63. The number of guanidine groups is 1. The Morgan fingerprint density at radius 2 is 2.22 bits per heavy atom. The van der Waals surface area contributed by atoms with E-state index in [1.165, 1.54) is 0 Å². The maximum atomic E-state index is 4.60. The third-order valence-corrected chi connectivity index (χ3v) is 3.92. The minimum Gasteiger partial charge on any atom is -0.357 e. The molecule has 0 saturated heterocycles. The minimum absolute atomic E-state index is 0. The summed E-state index contributed by atoms with van der Waals surface area (Å²) in [7, 11) is 0. The first-order valence-corrected chi connectivity index (χ1v) is 8.51. The SMILES string of the molecule is CCNC(=NCc1nc(C(C)C)cs1)NCCn1cccn1.I. The van der Waals surface area contributed by atoms with Crippen LogP contribution in [0.15, 0.2) is 28.8 Å². The molecule has 0 aliphatic rings. The lowest BCUT2D eigenvalue weighted by atomic mass is 10.2. The number of aromatic nitrogens is 3. The molecule has 0 aliphatic carbocycles. The van der Waals surface area contributed by atoms with Gasteiger partial charge in [0.1, 0.15) is 5.01 Å². The van der Waals surface area contributed by atoms with Gasteiger partial charge in [0.2, 0.25) is 0 Å². The molecule has 2 heterocycles. The van der Waals surface area contributed by atoms with E-state index < -0.39 is 0 Å². The molecule has 2 N–H and O–H groups in total. The molecule has 0 radical (unpaired) electrons. The molecule has 8 heteroatoms. The summed E-state index contributed by atoms with van der Waals surface area (Å²) in [5.74, 6) is 1.28. The van der Waals surface area contributed by atoms with Crippen molar-refractivity contribution < 1.29 is 0 Å². The van der Waals surface area contributed by atoms with Crippen molar-refractivity contribution in [1.82, 2.24) is 25.4 Å². The van der Waals surface area contributed by atoms with E-state index in [1.807, 2.05) is 16.9 Å². The monoisotopic (exact) mass is 448 g/mol. The van der Waals surface area contributed by atoms with E-state index in [4.69, 9.17) is 0 Å². The first kappa shape index (κ1) is 19.9. The Balaban J connectivity index is 0.00000264. The van der Waals surface area contributed by atoms with Crippen LogP contribution in [0.2, 0.25) is 0 Å². The predicted octanol–water partition coefficient (Wildman–Crippen LogP) is 2.84. The number of hydrogen-bond donors (Lipinski definition) is 2. The van der Waals surface area contributed by atoms with E-state index in [1.54, 1.807) is 17.5 Å². The molecule has 0 aromatic carbocycles. The molecule has 2 aromatic heterocycles. The van der Waals surface area contributed by atoms with E-state index >= 15 is 0 Å². The first-order chi connectivity index (χ1) is 10.7. The van der Waals surface area contributed by atoms with Crippen molar-refractivity contribution in [3.63, 3.8) is 0 Å². The molecule has 0 bridgehead atoms. The van der Waals surface area contributed by atoms with Gasteiger partial charge in [0.05, 0.1) is 18.8 Å². The minimum atomic E-state index is 0. The van der Waals surface area contributed by atoms with Crippen LogP contribution in [0.4, 0.5) is 0 Å². The van der Waals surface area contributed by atoms with E-state index in [-0.39, 0.29) is 24.0 Å². The number of thiazole rings is 1. The summed E-state index contributed by atoms with van der Waals surface area (Å²) >= 11 is 1.67. The Hall–Kier alpha value is -1.16. The third-order valence-electron chi connectivity index (χ3n) is 3.07. The molecule has 0 aliphatic heterocycles. The number of nitrogens with zero attached hydrogens (tertiary/aromatic N) is 4. The average Bonchev–Trinajstić information content (AvgIpc) is 3.16. The topological polar surface area (TPSA) is 67.1 Å². The molecule has 2 aromatic rings. The zero-order chi connectivity index (χ0) is 15.8. The second-order valence-electron chi connectivity index (χ2n) is 5.21. The van der Waals surface area contributed by atoms with E-state index in [0.717, 1.165) is 36.3 Å². The normalized spacial score (nSPS) is 11.4.